The first-order valence-electron chi connectivity index (χ1n) is 12.3. The van der Waals surface area contributed by atoms with E-state index in [2.05, 4.69) is 11.0 Å². The van der Waals surface area contributed by atoms with Gasteiger partial charge in [0, 0.05) is 12.2 Å². The molecule has 0 amide bonds. The van der Waals surface area contributed by atoms with Crippen molar-refractivity contribution < 1.29 is 19.0 Å². The molecule has 37 heavy (non-hydrogen) atoms. The van der Waals surface area contributed by atoms with Gasteiger partial charge < -0.3 is 29.6 Å². The van der Waals surface area contributed by atoms with Gasteiger partial charge in [0.2, 0.25) is 0 Å². The van der Waals surface area contributed by atoms with Crippen LogP contribution >= 0.6 is 23.2 Å². The van der Waals surface area contributed by atoms with Crippen molar-refractivity contribution in [3.05, 3.63) is 81.3 Å². The summed E-state index contributed by atoms with van der Waals surface area (Å²) in [7, 11) is 1.66. The largest absolute Gasteiger partial charge is 0.497 e. The first-order valence-corrected chi connectivity index (χ1v) is 13.1. The minimum absolute atomic E-state index is 0.301. The Kier molecular flexibility index (Phi) is 9.19. The Labute approximate surface area is 228 Å². The molecule has 196 valence electrons. The summed E-state index contributed by atoms with van der Waals surface area (Å²) in [6.07, 6.45) is 3.04. The molecule has 2 N–H and O–H groups in total. The Balaban J connectivity index is 1.32. The van der Waals surface area contributed by atoms with E-state index >= 15 is 0 Å². The zero-order valence-electron chi connectivity index (χ0n) is 21.1. The maximum atomic E-state index is 12.0. The number of rotatable bonds is 11. The summed E-state index contributed by atoms with van der Waals surface area (Å²) in [5.41, 5.74) is 10.9. The predicted octanol–water partition coefficient (Wildman–Crippen LogP) is 5.86. The van der Waals surface area contributed by atoms with Crippen molar-refractivity contribution in [2.24, 2.45) is 11.7 Å². The highest BCUT2D eigenvalue weighted by atomic mass is 35.5. The Bertz CT molecular complexity index is 1200. The number of nitrogens with zero attached hydrogens (tertiary/aromatic N) is 1. The van der Waals surface area contributed by atoms with Gasteiger partial charge in [-0.2, -0.15) is 0 Å². The third-order valence-electron chi connectivity index (χ3n) is 6.55. The smallest absolute Gasteiger partial charge is 0.156 e. The summed E-state index contributed by atoms with van der Waals surface area (Å²) in [4.78, 5) is 14.2. The van der Waals surface area contributed by atoms with Gasteiger partial charge in [-0.05, 0) is 85.3 Å². The van der Waals surface area contributed by atoms with Crippen molar-refractivity contribution in [2.75, 3.05) is 31.8 Å². The quantitative estimate of drug-likeness (QED) is 0.241. The number of benzene rings is 3. The zero-order chi connectivity index (χ0) is 26.4. The molecule has 0 aliphatic carbocycles. The lowest BCUT2D eigenvalue weighted by atomic mass is 9.94. The molecule has 0 saturated heterocycles. The minimum atomic E-state index is -0.418. The van der Waals surface area contributed by atoms with Gasteiger partial charge >= 0.3 is 0 Å². The first-order chi connectivity index (χ1) is 17.9. The summed E-state index contributed by atoms with van der Waals surface area (Å²) in [5, 5.41) is 0.954. The number of carbonyl (C=O) groups is 1. The normalized spacial score (nSPS) is 14.5. The molecule has 6 nitrogen and oxygen atoms in total. The molecule has 0 fully saturated rings. The van der Waals surface area contributed by atoms with E-state index in [1.54, 1.807) is 7.11 Å². The van der Waals surface area contributed by atoms with E-state index in [4.69, 9.17) is 43.1 Å². The monoisotopic (exact) mass is 542 g/mol. The summed E-state index contributed by atoms with van der Waals surface area (Å²) in [5.74, 6) is 1.65. The lowest BCUT2D eigenvalue weighted by molar-refractivity contribution is -0.111. The molecule has 8 heteroatoms. The topological polar surface area (TPSA) is 74.0 Å². The maximum absolute atomic E-state index is 12.0. The van der Waals surface area contributed by atoms with Gasteiger partial charge in [0.1, 0.15) is 31.0 Å². The van der Waals surface area contributed by atoms with Crippen molar-refractivity contribution in [1.29, 1.82) is 0 Å². The SMILES string of the molecule is COc1ccc2c(c1)CCCN2C(N)C(C=O)Cc1ccc(OCCOc2c(Cl)cc(C)cc2Cl)cc1. The Morgan fingerprint density at radius 3 is 2.35 bits per heavy atom. The van der Waals surface area contributed by atoms with Crippen molar-refractivity contribution in [3.63, 3.8) is 0 Å². The maximum Gasteiger partial charge on any atom is 0.156 e. The van der Waals surface area contributed by atoms with Gasteiger partial charge in [-0.25, -0.2) is 0 Å². The van der Waals surface area contributed by atoms with E-state index < -0.39 is 6.17 Å². The molecule has 2 unspecified atom stereocenters. The van der Waals surface area contributed by atoms with Crippen LogP contribution in [0.5, 0.6) is 17.2 Å². The van der Waals surface area contributed by atoms with Crippen LogP contribution in [0.3, 0.4) is 0 Å². The van der Waals surface area contributed by atoms with E-state index in [1.807, 2.05) is 55.5 Å². The number of aryl methyl sites for hydroxylation is 2. The van der Waals surface area contributed by atoms with Crippen LogP contribution in [0, 0.1) is 12.8 Å². The highest BCUT2D eigenvalue weighted by molar-refractivity contribution is 6.37. The molecule has 0 radical (unpaired) electrons. The van der Waals surface area contributed by atoms with Crippen molar-refractivity contribution in [3.8, 4) is 17.2 Å². The summed E-state index contributed by atoms with van der Waals surface area (Å²) in [6.45, 7) is 3.37. The zero-order valence-corrected chi connectivity index (χ0v) is 22.6. The first kappa shape index (κ1) is 27.1. The number of nitrogens with two attached hydrogens (primary N) is 1. The number of hydrogen-bond donors (Lipinski definition) is 1. The van der Waals surface area contributed by atoms with E-state index in [-0.39, 0.29) is 5.92 Å². The molecule has 4 rings (SSSR count). The number of aldehydes is 1. The van der Waals surface area contributed by atoms with Crippen LogP contribution in [0.1, 0.15) is 23.1 Å². The second-order valence-electron chi connectivity index (χ2n) is 9.18. The number of carbonyl (C=O) groups excluding carboxylic acids is 1. The standard InChI is InChI=1S/C29H32Cl2N2O4/c1-19-14-25(30)28(26(31)15-19)37-13-12-36-23-7-5-20(6-8-23)16-22(18-34)29(32)33-11-3-4-21-17-24(35-2)9-10-27(21)33/h5-10,14-15,17-18,22,29H,3-4,11-13,16,32H2,1-2H3. The van der Waals surface area contributed by atoms with E-state index in [9.17, 15) is 4.79 Å². The average molecular weight is 543 g/mol. The molecule has 1 aliphatic rings. The third kappa shape index (κ3) is 6.69. The molecule has 0 spiro atoms. The predicted molar refractivity (Wildman–Crippen MR) is 149 cm³/mol. The van der Waals surface area contributed by atoms with Crippen molar-refractivity contribution in [1.82, 2.24) is 0 Å². The lowest BCUT2D eigenvalue weighted by Crippen LogP contribution is -2.50. The van der Waals surface area contributed by atoms with Gasteiger partial charge in [-0.3, -0.25) is 0 Å². The second kappa shape index (κ2) is 12.5. The molecule has 1 heterocycles. The molecule has 0 bridgehead atoms. The van der Waals surface area contributed by atoms with E-state index in [1.165, 1.54) is 5.56 Å². The fourth-order valence-corrected chi connectivity index (χ4v) is 5.35. The van der Waals surface area contributed by atoms with Crippen LogP contribution in [-0.4, -0.2) is 39.3 Å². The number of ether oxygens (including phenoxy) is 3. The fourth-order valence-electron chi connectivity index (χ4n) is 4.64. The Morgan fingerprint density at radius 2 is 1.68 bits per heavy atom. The van der Waals surface area contributed by atoms with E-state index in [0.717, 1.165) is 48.2 Å². The lowest BCUT2D eigenvalue weighted by Gasteiger charge is -2.38. The number of hydrogen-bond acceptors (Lipinski definition) is 6. The third-order valence-corrected chi connectivity index (χ3v) is 7.11. The van der Waals surface area contributed by atoms with Crippen LogP contribution in [-0.2, 0) is 17.6 Å². The summed E-state index contributed by atoms with van der Waals surface area (Å²) in [6, 6.07) is 17.3. The Morgan fingerprint density at radius 1 is 1.00 bits per heavy atom. The van der Waals surface area contributed by atoms with Gasteiger partial charge in [0.05, 0.1) is 29.2 Å². The molecule has 0 aromatic heterocycles. The molecule has 3 aromatic carbocycles. The number of methoxy groups -OCH3 is 1. The van der Waals surface area contributed by atoms with Crippen molar-refractivity contribution in [2.45, 2.75) is 32.4 Å². The molecule has 1 aliphatic heterocycles. The number of halogens is 2. The highest BCUT2D eigenvalue weighted by Crippen LogP contribution is 2.34. The van der Waals surface area contributed by atoms with Crippen LogP contribution in [0.2, 0.25) is 10.0 Å². The van der Waals surface area contributed by atoms with Crippen LogP contribution < -0.4 is 24.8 Å². The highest BCUT2D eigenvalue weighted by Gasteiger charge is 2.28. The van der Waals surface area contributed by atoms with Gasteiger partial charge in [-0.1, -0.05) is 35.3 Å². The summed E-state index contributed by atoms with van der Waals surface area (Å²) < 4.78 is 16.9. The minimum Gasteiger partial charge on any atom is -0.497 e. The number of anilines is 1. The van der Waals surface area contributed by atoms with Crippen molar-refractivity contribution >= 4 is 35.2 Å². The summed E-state index contributed by atoms with van der Waals surface area (Å²) >= 11 is 12.4. The molecular formula is C29H32Cl2N2O4. The Hall–Kier alpha value is -2.93. The fraction of sp³-hybridized carbons (Fsp3) is 0.345. The average Bonchev–Trinajstić information content (AvgIpc) is 2.90. The van der Waals surface area contributed by atoms with Gasteiger partial charge in [0.25, 0.3) is 0 Å². The van der Waals surface area contributed by atoms with E-state index in [0.29, 0.717) is 41.2 Å². The molecule has 3 aromatic rings. The van der Waals surface area contributed by atoms with Gasteiger partial charge in [0.15, 0.2) is 5.75 Å². The number of fused-ring (bicyclic) bond motifs is 1. The van der Waals surface area contributed by atoms with Gasteiger partial charge in [-0.15, -0.1) is 0 Å². The van der Waals surface area contributed by atoms with Crippen LogP contribution in [0.25, 0.3) is 0 Å². The molecule has 2 atom stereocenters. The molecular weight excluding hydrogens is 511 g/mol. The van der Waals surface area contributed by atoms with Crippen LogP contribution in [0.4, 0.5) is 5.69 Å². The second-order valence-corrected chi connectivity index (χ2v) is 10.00. The van der Waals surface area contributed by atoms with Crippen LogP contribution in [0.15, 0.2) is 54.6 Å². The molecule has 0 saturated carbocycles.